The van der Waals surface area contributed by atoms with Gasteiger partial charge in [-0.1, -0.05) is 6.42 Å². The minimum absolute atomic E-state index is 0.0794. The maximum absolute atomic E-state index is 12.2. The molecule has 3 aliphatic heterocycles. The third-order valence-corrected chi connectivity index (χ3v) is 7.82. The zero-order valence-electron chi connectivity index (χ0n) is 17.9. The summed E-state index contributed by atoms with van der Waals surface area (Å²) in [5, 5.41) is 16.8. The molecule has 0 radical (unpaired) electrons. The lowest BCUT2D eigenvalue weighted by Gasteiger charge is -2.17. The third kappa shape index (κ3) is 4.57. The van der Waals surface area contributed by atoms with Crippen molar-refractivity contribution in [1.29, 1.82) is 0 Å². The summed E-state index contributed by atoms with van der Waals surface area (Å²) < 4.78 is 12.9. The number of imidazole rings is 1. The molecule has 5 heterocycles. The Bertz CT molecular complexity index is 1040. The van der Waals surface area contributed by atoms with Crippen molar-refractivity contribution >= 4 is 40.7 Å². The number of aliphatic hydroxyl groups is 1. The van der Waals surface area contributed by atoms with Gasteiger partial charge in [0.2, 0.25) is 0 Å². The van der Waals surface area contributed by atoms with Gasteiger partial charge in [0, 0.05) is 23.8 Å². The Morgan fingerprint density at radius 2 is 2.21 bits per heavy atom. The van der Waals surface area contributed by atoms with E-state index in [0.29, 0.717) is 29.3 Å². The molecule has 6 atom stereocenters. The van der Waals surface area contributed by atoms with Gasteiger partial charge in [-0.25, -0.2) is 19.7 Å². The van der Waals surface area contributed by atoms with Crippen LogP contribution in [0.15, 0.2) is 12.7 Å². The van der Waals surface area contributed by atoms with Gasteiger partial charge in [-0.05, 0) is 12.8 Å². The molecule has 3 fully saturated rings. The summed E-state index contributed by atoms with van der Waals surface area (Å²) in [6, 6.07) is 0.316. The summed E-state index contributed by atoms with van der Waals surface area (Å²) in [4.78, 5) is 35.9. The van der Waals surface area contributed by atoms with Gasteiger partial charge in [-0.2, -0.15) is 11.8 Å². The Labute approximate surface area is 194 Å². The van der Waals surface area contributed by atoms with Crippen molar-refractivity contribution < 1.29 is 24.2 Å². The summed E-state index contributed by atoms with van der Waals surface area (Å²) in [5.41, 5.74) is 6.74. The molecule has 0 saturated carbocycles. The van der Waals surface area contributed by atoms with E-state index in [1.165, 1.54) is 12.7 Å². The van der Waals surface area contributed by atoms with Crippen LogP contribution in [0.3, 0.4) is 0 Å². The van der Waals surface area contributed by atoms with Crippen LogP contribution < -0.4 is 16.4 Å². The number of thioether (sulfide) groups is 1. The second-order valence-electron chi connectivity index (χ2n) is 8.59. The molecule has 2 amide bonds. The van der Waals surface area contributed by atoms with Crippen molar-refractivity contribution in [3.8, 4) is 0 Å². The molecule has 33 heavy (non-hydrogen) atoms. The SMILES string of the molecule is Nc1ncnc2c1ncn2[C@@H]1O[C@H](COC(=O)CCCC[C@@H]2SC[C@@H]3NC(=O)N[C@@H]32)CC1O. The van der Waals surface area contributed by atoms with E-state index in [0.717, 1.165) is 25.0 Å². The van der Waals surface area contributed by atoms with E-state index in [-0.39, 0.29) is 36.5 Å². The number of amides is 2. The van der Waals surface area contributed by atoms with Crippen LogP contribution in [0.4, 0.5) is 10.6 Å². The smallest absolute Gasteiger partial charge is 0.315 e. The third-order valence-electron chi connectivity index (χ3n) is 6.31. The molecule has 3 saturated heterocycles. The van der Waals surface area contributed by atoms with E-state index in [2.05, 4.69) is 25.6 Å². The fourth-order valence-electron chi connectivity index (χ4n) is 4.66. The van der Waals surface area contributed by atoms with Crippen LogP contribution in [0.25, 0.3) is 11.2 Å². The Balaban J connectivity index is 1.04. The number of aliphatic hydroxyl groups excluding tert-OH is 1. The van der Waals surface area contributed by atoms with Gasteiger partial charge in [0.1, 0.15) is 24.6 Å². The minimum atomic E-state index is -0.791. The van der Waals surface area contributed by atoms with Gasteiger partial charge < -0.3 is 30.9 Å². The van der Waals surface area contributed by atoms with Gasteiger partial charge in [-0.3, -0.25) is 9.36 Å². The molecule has 0 aliphatic carbocycles. The molecule has 2 aromatic rings. The van der Waals surface area contributed by atoms with Crippen molar-refractivity contribution in [2.45, 2.75) is 67.9 Å². The molecular formula is C20H27N7O5S. The van der Waals surface area contributed by atoms with E-state index in [1.54, 1.807) is 4.57 Å². The lowest BCUT2D eigenvalue weighted by molar-refractivity contribution is -0.148. The number of ether oxygens (including phenoxy) is 2. The molecule has 5 N–H and O–H groups in total. The number of rotatable bonds is 8. The fraction of sp³-hybridized carbons (Fsp3) is 0.650. The Morgan fingerprint density at radius 3 is 3.09 bits per heavy atom. The standard InChI is InChI=1S/C20H27N7O5S/c21-17-16-18(23-8-22-17)27(9-24-16)19-12(28)5-10(32-19)6-31-14(29)4-2-1-3-13-15-11(7-33-13)25-20(30)26-15/h8-13,15,19,28H,1-7H2,(H2,21,22,23)(H2,25,26,30)/t10-,11-,12?,13-,15-,19+/m0/s1. The Hall–Kier alpha value is -2.64. The number of carbonyl (C=O) groups is 2. The first-order valence-corrected chi connectivity index (χ1v) is 12.2. The highest BCUT2D eigenvalue weighted by atomic mass is 32.2. The quantitative estimate of drug-likeness (QED) is 0.236. The second kappa shape index (κ2) is 9.31. The van der Waals surface area contributed by atoms with Crippen molar-refractivity contribution in [2.24, 2.45) is 0 Å². The van der Waals surface area contributed by atoms with Crippen LogP contribution >= 0.6 is 11.8 Å². The van der Waals surface area contributed by atoms with Gasteiger partial charge in [0.15, 0.2) is 17.7 Å². The highest BCUT2D eigenvalue weighted by Crippen LogP contribution is 2.34. The van der Waals surface area contributed by atoms with E-state index < -0.39 is 18.4 Å². The topological polar surface area (TPSA) is 167 Å². The largest absolute Gasteiger partial charge is 0.463 e. The molecule has 0 bridgehead atoms. The number of nitrogens with one attached hydrogen (secondary N) is 2. The monoisotopic (exact) mass is 477 g/mol. The van der Waals surface area contributed by atoms with Crippen molar-refractivity contribution in [3.63, 3.8) is 0 Å². The first-order valence-electron chi connectivity index (χ1n) is 11.1. The van der Waals surface area contributed by atoms with Crippen LogP contribution in [0, 0.1) is 0 Å². The summed E-state index contributed by atoms with van der Waals surface area (Å²) in [6.07, 6.45) is 4.18. The number of nitrogens with zero attached hydrogens (tertiary/aromatic N) is 4. The Morgan fingerprint density at radius 1 is 1.33 bits per heavy atom. The predicted molar refractivity (Wildman–Crippen MR) is 119 cm³/mol. The van der Waals surface area contributed by atoms with E-state index in [9.17, 15) is 14.7 Å². The molecule has 5 rings (SSSR count). The lowest BCUT2D eigenvalue weighted by atomic mass is 10.0. The molecule has 13 heteroatoms. The normalized spacial score (nSPS) is 30.9. The van der Waals surface area contributed by atoms with E-state index >= 15 is 0 Å². The number of urea groups is 1. The summed E-state index contributed by atoms with van der Waals surface area (Å²) in [7, 11) is 0. The summed E-state index contributed by atoms with van der Waals surface area (Å²) in [5.74, 6) is 0.908. The number of carbonyl (C=O) groups excluding carboxylic acids is 2. The van der Waals surface area contributed by atoms with Crippen LogP contribution in [-0.2, 0) is 14.3 Å². The number of hydrogen-bond donors (Lipinski definition) is 4. The highest BCUT2D eigenvalue weighted by molar-refractivity contribution is 8.00. The number of nitrogen functional groups attached to an aromatic ring is 1. The van der Waals surface area contributed by atoms with Crippen molar-refractivity contribution in [2.75, 3.05) is 18.1 Å². The maximum atomic E-state index is 12.2. The van der Waals surface area contributed by atoms with Gasteiger partial charge >= 0.3 is 12.0 Å². The molecular weight excluding hydrogens is 450 g/mol. The zero-order chi connectivity index (χ0) is 22.9. The number of nitrogens with two attached hydrogens (primary N) is 1. The molecule has 178 valence electrons. The zero-order valence-corrected chi connectivity index (χ0v) is 18.7. The number of unbranched alkanes of at least 4 members (excludes halogenated alkanes) is 1. The molecule has 1 unspecified atom stereocenters. The lowest BCUT2D eigenvalue weighted by Crippen LogP contribution is -2.36. The molecule has 0 aromatic carbocycles. The molecule has 12 nitrogen and oxygen atoms in total. The fourth-order valence-corrected chi connectivity index (χ4v) is 6.20. The number of aromatic nitrogens is 4. The number of esters is 1. The van der Waals surface area contributed by atoms with Crippen molar-refractivity contribution in [3.05, 3.63) is 12.7 Å². The van der Waals surface area contributed by atoms with Gasteiger partial charge in [0.05, 0.1) is 24.5 Å². The molecule has 3 aliphatic rings. The Kier molecular flexibility index (Phi) is 6.25. The summed E-state index contributed by atoms with van der Waals surface area (Å²) >= 11 is 1.87. The maximum Gasteiger partial charge on any atom is 0.315 e. The van der Waals surface area contributed by atoms with E-state index in [4.69, 9.17) is 15.2 Å². The predicted octanol–water partition coefficient (Wildman–Crippen LogP) is 0.326. The average molecular weight is 478 g/mol. The van der Waals surface area contributed by atoms with Crippen LogP contribution in [0.2, 0.25) is 0 Å². The first kappa shape index (κ1) is 22.2. The number of fused-ring (bicyclic) bond motifs is 2. The van der Waals surface area contributed by atoms with Crippen LogP contribution in [-0.4, -0.2) is 78.5 Å². The summed E-state index contributed by atoms with van der Waals surface area (Å²) in [6.45, 7) is 0.0794. The van der Waals surface area contributed by atoms with Gasteiger partial charge in [-0.15, -0.1) is 0 Å². The molecule has 0 spiro atoms. The second-order valence-corrected chi connectivity index (χ2v) is 9.86. The average Bonchev–Trinajstić information content (AvgIpc) is 3.54. The first-order chi connectivity index (χ1) is 16.0. The van der Waals surface area contributed by atoms with E-state index in [1.807, 2.05) is 11.8 Å². The van der Waals surface area contributed by atoms with Gasteiger partial charge in [0.25, 0.3) is 0 Å². The minimum Gasteiger partial charge on any atom is -0.463 e. The van der Waals surface area contributed by atoms with Crippen molar-refractivity contribution in [1.82, 2.24) is 30.2 Å². The highest BCUT2D eigenvalue weighted by Gasteiger charge is 2.42. The molecule has 2 aromatic heterocycles. The van der Waals surface area contributed by atoms with Crippen LogP contribution in [0.1, 0.15) is 38.3 Å². The number of anilines is 1. The number of hydrogen-bond acceptors (Lipinski definition) is 10. The van der Waals surface area contributed by atoms with Crippen LogP contribution in [0.5, 0.6) is 0 Å².